The predicted molar refractivity (Wildman–Crippen MR) is 436 cm³/mol. The third-order valence-electron chi connectivity index (χ3n) is 18.3. The van der Waals surface area contributed by atoms with Crippen molar-refractivity contribution in [3.63, 3.8) is 0 Å². The van der Waals surface area contributed by atoms with Crippen molar-refractivity contribution in [2.45, 2.75) is 110 Å². The van der Waals surface area contributed by atoms with Crippen LogP contribution in [0.5, 0.6) is 0 Å². The lowest BCUT2D eigenvalue weighted by atomic mass is 10.1. The predicted octanol–water partition coefficient (Wildman–Crippen LogP) is 14.2. The molecular weight excluding hydrogens is 1570 g/mol. The normalized spacial score (nSPS) is 16.6. The van der Waals surface area contributed by atoms with Gasteiger partial charge in [0.25, 0.3) is 0 Å². The van der Waals surface area contributed by atoms with Gasteiger partial charge >= 0.3 is 5.97 Å². The summed E-state index contributed by atoms with van der Waals surface area (Å²) in [7, 11) is 5.47. The molecule has 2 amide bonds. The molecule has 3 unspecified atom stereocenters. The molecule has 33 heteroatoms. The first-order valence-corrected chi connectivity index (χ1v) is 40.5. The monoisotopic (exact) mass is 1670 g/mol. The standard InChI is InChI=1S/2C24H32Cl2N4O3S.C14H23N3.C10H11Cl2NO4S.2ClH/c2*1-28(2)19-6-5-15-30(17-13-19)20-11-9-18(10-12-20)27-23(31)14-16-29(3)34(32,33)22-8-4-7-21(25)24(22)26;1-16(2)13-4-3-10-17(11-9-13)14-7-5-12(15)6-8-14;1-13(6-5-9(14)15)18(16,17)8-4-2-3-7(11)10(8)12;;/h2*4,7-12,19H,5-6,13-17H2,1-3H3,(H,27,31);5-8,13H,3-4,9-11,15H2,1-2H3;2-4H,5-6H2,1H3,(H,14,15);2*1H. The smallest absolute Gasteiger partial charge is 0.304 e. The van der Waals surface area contributed by atoms with Gasteiger partial charge in [-0.05, 0) is 209 Å². The summed E-state index contributed by atoms with van der Waals surface area (Å²) >= 11 is 35.6. The number of halogens is 8. The van der Waals surface area contributed by atoms with E-state index >= 15 is 0 Å². The molecule has 582 valence electrons. The minimum Gasteiger partial charge on any atom is -0.481 e. The van der Waals surface area contributed by atoms with Crippen LogP contribution in [0, 0.1) is 0 Å². The van der Waals surface area contributed by atoms with Crippen molar-refractivity contribution in [1.29, 1.82) is 0 Å². The van der Waals surface area contributed by atoms with Crippen LogP contribution in [0.15, 0.2) is 142 Å². The SMILES string of the molecule is CN(C)C1CCCN(c2ccc(N)cc2)CC1.CN(C)C1CCCN(c2ccc(NC(=O)CCN(C)S(=O)(=O)c3cccc(Cl)c3Cl)cc2)CC1.CN(C)C1CCCN(c2ccc(NC(=O)CCN(C)S(=O)(=O)c3cccc(Cl)c3Cl)cc2)CC1.CN(CCC(=O)O)S(=O)(=O)c1cccc(Cl)c1Cl.Cl.Cl. The van der Waals surface area contributed by atoms with Crippen LogP contribution in [0.4, 0.5) is 34.1 Å². The van der Waals surface area contributed by atoms with Crippen molar-refractivity contribution in [2.75, 3.05) is 153 Å². The summed E-state index contributed by atoms with van der Waals surface area (Å²) in [6.07, 6.45) is 10.5. The minimum absolute atomic E-state index is 0. The molecule has 105 heavy (non-hydrogen) atoms. The number of carboxylic acid groups (broad SMARTS) is 1. The number of aliphatic carboxylic acids is 1. The molecule has 0 saturated carbocycles. The number of amides is 2. The van der Waals surface area contributed by atoms with Gasteiger partial charge in [-0.3, -0.25) is 14.4 Å². The van der Waals surface area contributed by atoms with Crippen LogP contribution < -0.4 is 31.1 Å². The van der Waals surface area contributed by atoms with Crippen molar-refractivity contribution < 1.29 is 44.7 Å². The first kappa shape index (κ1) is 92.2. The van der Waals surface area contributed by atoms with Crippen LogP contribution in [-0.4, -0.2) is 216 Å². The van der Waals surface area contributed by atoms with E-state index in [1.807, 2.05) is 60.7 Å². The summed E-state index contributed by atoms with van der Waals surface area (Å²) in [6.45, 7) is 6.24. The molecule has 0 aliphatic carbocycles. The number of nitrogens with one attached hydrogen (secondary N) is 2. The average Bonchev–Trinajstić information content (AvgIpc) is 0.870. The van der Waals surface area contributed by atoms with Gasteiger partial charge in [-0.1, -0.05) is 87.8 Å². The summed E-state index contributed by atoms with van der Waals surface area (Å²) in [5.41, 5.74) is 11.5. The first-order valence-electron chi connectivity index (χ1n) is 33.9. The van der Waals surface area contributed by atoms with Crippen molar-refractivity contribution in [3.05, 3.63) is 158 Å². The Balaban J connectivity index is 0.000000308. The lowest BCUT2D eigenvalue weighted by Crippen LogP contribution is -2.30. The van der Waals surface area contributed by atoms with E-state index in [9.17, 15) is 39.6 Å². The molecule has 3 aliphatic heterocycles. The Kier molecular flexibility index (Phi) is 38.6. The second kappa shape index (κ2) is 43.9. The van der Waals surface area contributed by atoms with Gasteiger partial charge in [-0.25, -0.2) is 38.2 Å². The van der Waals surface area contributed by atoms with E-state index in [1.165, 1.54) is 114 Å². The van der Waals surface area contributed by atoms with Crippen LogP contribution >= 0.6 is 94.4 Å². The van der Waals surface area contributed by atoms with Gasteiger partial charge in [0.2, 0.25) is 41.9 Å². The van der Waals surface area contributed by atoms with Crippen LogP contribution in [0.25, 0.3) is 0 Å². The van der Waals surface area contributed by atoms with Crippen LogP contribution in [0.3, 0.4) is 0 Å². The van der Waals surface area contributed by atoms with Crippen LogP contribution in [-0.2, 0) is 44.5 Å². The van der Waals surface area contributed by atoms with E-state index < -0.39 is 36.0 Å². The van der Waals surface area contributed by atoms with Gasteiger partial charge in [-0.15, -0.1) is 24.8 Å². The topological polar surface area (TPSA) is 253 Å². The van der Waals surface area contributed by atoms with Gasteiger partial charge in [0.1, 0.15) is 14.7 Å². The van der Waals surface area contributed by atoms with Crippen LogP contribution in [0.1, 0.15) is 77.0 Å². The summed E-state index contributed by atoms with van der Waals surface area (Å²) in [4.78, 5) is 49.2. The Bertz CT molecular complexity index is 3930. The Hall–Kier alpha value is -5.14. The zero-order valence-corrected chi connectivity index (χ0v) is 69.4. The number of benzene rings is 6. The van der Waals surface area contributed by atoms with Gasteiger partial charge in [-0.2, -0.15) is 0 Å². The molecule has 9 rings (SSSR count). The van der Waals surface area contributed by atoms with Gasteiger partial charge in [0.15, 0.2) is 0 Å². The van der Waals surface area contributed by atoms with E-state index in [1.54, 1.807) is 0 Å². The quantitative estimate of drug-likeness (QED) is 0.0435. The molecule has 3 fully saturated rings. The number of carbonyl (C=O) groups is 3. The fraction of sp³-hybridized carbons (Fsp3) is 0.458. The Morgan fingerprint density at radius 2 is 0.676 bits per heavy atom. The number of nitrogen functional groups attached to an aromatic ring is 1. The summed E-state index contributed by atoms with van der Waals surface area (Å²) < 4.78 is 78.5. The summed E-state index contributed by atoms with van der Waals surface area (Å²) in [6, 6.07) is 38.9. The molecule has 5 N–H and O–H groups in total. The fourth-order valence-corrected chi connectivity index (χ4v) is 17.6. The van der Waals surface area contributed by atoms with Crippen LogP contribution in [0.2, 0.25) is 30.1 Å². The maximum Gasteiger partial charge on any atom is 0.304 e. The number of rotatable bonds is 23. The van der Waals surface area contributed by atoms with Crippen molar-refractivity contribution in [2.24, 2.45) is 0 Å². The molecule has 0 bridgehead atoms. The van der Waals surface area contributed by atoms with Crippen molar-refractivity contribution in [1.82, 2.24) is 27.6 Å². The third-order valence-corrected chi connectivity index (χ3v) is 26.8. The first-order chi connectivity index (χ1) is 48.6. The van der Waals surface area contributed by atoms with E-state index in [0.29, 0.717) is 23.5 Å². The van der Waals surface area contributed by atoms with E-state index in [4.69, 9.17) is 80.4 Å². The summed E-state index contributed by atoms with van der Waals surface area (Å²) in [5, 5.41) is 14.5. The van der Waals surface area contributed by atoms with Gasteiger partial charge < -0.3 is 50.9 Å². The molecule has 3 atom stereocenters. The van der Waals surface area contributed by atoms with E-state index in [0.717, 1.165) is 101 Å². The highest BCUT2D eigenvalue weighted by molar-refractivity contribution is 7.89. The summed E-state index contributed by atoms with van der Waals surface area (Å²) in [5.74, 6) is -1.61. The molecule has 6 aromatic carbocycles. The highest BCUT2D eigenvalue weighted by Gasteiger charge is 2.29. The number of hydrogen-bond acceptors (Lipinski definition) is 16. The molecule has 0 spiro atoms. The Labute approximate surface area is 664 Å². The Morgan fingerprint density at radius 1 is 0.410 bits per heavy atom. The average molecular weight is 1670 g/mol. The molecule has 0 aromatic heterocycles. The number of nitrogens with zero attached hydrogens (tertiary/aromatic N) is 9. The van der Waals surface area contributed by atoms with E-state index in [2.05, 4.69) is 94.5 Å². The molecule has 0 radical (unpaired) electrons. The number of sulfonamides is 3. The third kappa shape index (κ3) is 27.7. The van der Waals surface area contributed by atoms with Gasteiger partial charge in [0.05, 0.1) is 36.6 Å². The highest BCUT2D eigenvalue weighted by Crippen LogP contribution is 2.34. The van der Waals surface area contributed by atoms with Gasteiger partial charge in [0, 0.05) is 145 Å². The number of carbonyl (C=O) groups excluding carboxylic acids is 2. The molecule has 3 heterocycles. The largest absolute Gasteiger partial charge is 0.481 e. The Morgan fingerprint density at radius 3 is 0.943 bits per heavy atom. The zero-order chi connectivity index (χ0) is 75.9. The second-order valence-corrected chi connectivity index (χ2v) is 34.6. The lowest BCUT2D eigenvalue weighted by molar-refractivity contribution is -0.137. The molecule has 6 aromatic rings. The van der Waals surface area contributed by atoms with Crippen molar-refractivity contribution >= 4 is 176 Å². The maximum atomic E-state index is 12.8. The lowest BCUT2D eigenvalue weighted by Gasteiger charge is -2.25. The zero-order valence-electron chi connectivity index (χ0n) is 60.7. The molecule has 22 nitrogen and oxygen atoms in total. The van der Waals surface area contributed by atoms with Crippen molar-refractivity contribution in [3.8, 4) is 0 Å². The second-order valence-electron chi connectivity index (χ2n) is 26.2. The fourth-order valence-electron chi connectivity index (χ4n) is 11.9. The number of anilines is 6. The highest BCUT2D eigenvalue weighted by atomic mass is 35.5. The number of nitrogens with two attached hydrogens (primary N) is 1. The maximum absolute atomic E-state index is 12.8. The van der Waals surface area contributed by atoms with E-state index in [-0.39, 0.29) is 120 Å². The number of carboxylic acids is 1. The minimum atomic E-state index is -3.86. The number of hydrogen-bond donors (Lipinski definition) is 4. The molecule has 3 saturated heterocycles. The molecular formula is C72H100Cl8N12O10S3. The molecule has 3 aliphatic rings.